The van der Waals surface area contributed by atoms with Gasteiger partial charge >= 0.3 is 0 Å². The molecular formula is C18H21N7. The van der Waals surface area contributed by atoms with Crippen LogP contribution in [0.25, 0.3) is 0 Å². The minimum atomic E-state index is 0.674. The SMILES string of the molecule is CN=C(NCc1ccc(C#N)cc1)N1CCN(c2ncccn2)CC1. The average molecular weight is 335 g/mol. The highest BCUT2D eigenvalue weighted by Crippen LogP contribution is 2.10. The number of nitrogens with one attached hydrogen (secondary N) is 1. The van der Waals surface area contributed by atoms with Crippen LogP contribution in [-0.4, -0.2) is 54.1 Å². The van der Waals surface area contributed by atoms with E-state index in [1.54, 1.807) is 19.4 Å². The maximum atomic E-state index is 8.85. The normalized spacial score (nSPS) is 15.0. The Kier molecular flexibility index (Phi) is 5.42. The van der Waals surface area contributed by atoms with Crippen LogP contribution in [0.1, 0.15) is 11.1 Å². The van der Waals surface area contributed by atoms with E-state index in [2.05, 4.69) is 36.1 Å². The molecule has 1 aromatic carbocycles. The summed E-state index contributed by atoms with van der Waals surface area (Å²) in [6, 6.07) is 11.5. The van der Waals surface area contributed by atoms with E-state index in [9.17, 15) is 0 Å². The van der Waals surface area contributed by atoms with E-state index in [-0.39, 0.29) is 0 Å². The Bertz CT molecular complexity index is 741. The molecule has 0 bridgehead atoms. The molecule has 1 saturated heterocycles. The Morgan fingerprint density at radius 1 is 1.16 bits per heavy atom. The molecular weight excluding hydrogens is 314 g/mol. The van der Waals surface area contributed by atoms with Crippen molar-refractivity contribution in [3.05, 3.63) is 53.9 Å². The molecule has 7 nitrogen and oxygen atoms in total. The van der Waals surface area contributed by atoms with Crippen LogP contribution < -0.4 is 10.2 Å². The average Bonchev–Trinajstić information content (AvgIpc) is 2.70. The summed E-state index contributed by atoms with van der Waals surface area (Å²) in [5, 5.41) is 12.2. The van der Waals surface area contributed by atoms with Crippen molar-refractivity contribution in [2.24, 2.45) is 4.99 Å². The second-order valence-corrected chi connectivity index (χ2v) is 5.73. The first-order valence-electron chi connectivity index (χ1n) is 8.27. The van der Waals surface area contributed by atoms with Gasteiger partial charge in [-0.05, 0) is 23.8 Å². The fourth-order valence-electron chi connectivity index (χ4n) is 2.78. The smallest absolute Gasteiger partial charge is 0.225 e. The van der Waals surface area contributed by atoms with Crippen molar-refractivity contribution in [1.82, 2.24) is 20.2 Å². The van der Waals surface area contributed by atoms with Crippen LogP contribution in [0, 0.1) is 11.3 Å². The molecule has 0 unspecified atom stereocenters. The van der Waals surface area contributed by atoms with E-state index in [1.165, 1.54) is 0 Å². The van der Waals surface area contributed by atoms with Crippen molar-refractivity contribution in [2.75, 3.05) is 38.1 Å². The Hall–Kier alpha value is -3.14. The van der Waals surface area contributed by atoms with Gasteiger partial charge in [0.25, 0.3) is 0 Å². The molecule has 2 heterocycles. The Labute approximate surface area is 147 Å². The fourth-order valence-corrected chi connectivity index (χ4v) is 2.78. The van der Waals surface area contributed by atoms with E-state index in [0.29, 0.717) is 12.1 Å². The number of aliphatic imine (C=N–C) groups is 1. The maximum absolute atomic E-state index is 8.85. The molecule has 7 heteroatoms. The molecule has 0 atom stereocenters. The van der Waals surface area contributed by atoms with E-state index >= 15 is 0 Å². The molecule has 1 fully saturated rings. The van der Waals surface area contributed by atoms with E-state index in [1.807, 2.05) is 30.3 Å². The zero-order valence-electron chi connectivity index (χ0n) is 14.3. The molecule has 1 N–H and O–H groups in total. The fraction of sp³-hybridized carbons (Fsp3) is 0.333. The predicted octanol–water partition coefficient (Wildman–Crippen LogP) is 1.25. The van der Waals surface area contributed by atoms with Crippen LogP contribution in [-0.2, 0) is 6.54 Å². The van der Waals surface area contributed by atoms with Crippen LogP contribution in [0.15, 0.2) is 47.7 Å². The number of aromatic nitrogens is 2. The van der Waals surface area contributed by atoms with E-state index < -0.39 is 0 Å². The van der Waals surface area contributed by atoms with Crippen molar-refractivity contribution in [2.45, 2.75) is 6.54 Å². The lowest BCUT2D eigenvalue weighted by Crippen LogP contribution is -2.52. The highest BCUT2D eigenvalue weighted by Gasteiger charge is 2.20. The number of rotatable bonds is 3. The molecule has 0 spiro atoms. The number of nitriles is 1. The summed E-state index contributed by atoms with van der Waals surface area (Å²) in [7, 11) is 1.80. The van der Waals surface area contributed by atoms with Gasteiger partial charge in [0.05, 0.1) is 11.6 Å². The summed E-state index contributed by atoms with van der Waals surface area (Å²) < 4.78 is 0. The zero-order chi connectivity index (χ0) is 17.5. The van der Waals surface area contributed by atoms with Gasteiger partial charge in [0, 0.05) is 52.2 Å². The maximum Gasteiger partial charge on any atom is 0.225 e. The van der Waals surface area contributed by atoms with E-state index in [0.717, 1.165) is 43.7 Å². The van der Waals surface area contributed by atoms with Crippen molar-refractivity contribution in [3.63, 3.8) is 0 Å². The second kappa shape index (κ2) is 8.11. The monoisotopic (exact) mass is 335 g/mol. The number of guanidine groups is 1. The standard InChI is InChI=1S/C18H21N7/c1-20-17(23-14-16-5-3-15(13-19)4-6-16)24-9-11-25(12-10-24)18-21-7-2-8-22-18/h2-8H,9-12,14H2,1H3,(H,20,23). The van der Waals surface area contributed by atoms with Gasteiger partial charge in [-0.2, -0.15) is 5.26 Å². The van der Waals surface area contributed by atoms with Gasteiger partial charge in [0.2, 0.25) is 5.95 Å². The summed E-state index contributed by atoms with van der Waals surface area (Å²) in [5.74, 6) is 1.67. The molecule has 2 aromatic rings. The number of anilines is 1. The number of piperazine rings is 1. The minimum Gasteiger partial charge on any atom is -0.352 e. The third kappa shape index (κ3) is 4.23. The summed E-state index contributed by atoms with van der Waals surface area (Å²) >= 11 is 0. The minimum absolute atomic E-state index is 0.674. The van der Waals surface area contributed by atoms with Gasteiger partial charge in [0.1, 0.15) is 0 Å². The van der Waals surface area contributed by atoms with Gasteiger partial charge in [0.15, 0.2) is 5.96 Å². The summed E-state index contributed by atoms with van der Waals surface area (Å²) in [6.45, 7) is 4.14. The topological polar surface area (TPSA) is 80.4 Å². The molecule has 1 aliphatic rings. The quantitative estimate of drug-likeness (QED) is 0.672. The van der Waals surface area contributed by atoms with Crippen molar-refractivity contribution < 1.29 is 0 Å². The lowest BCUT2D eigenvalue weighted by atomic mass is 10.1. The van der Waals surface area contributed by atoms with Crippen LogP contribution in [0.2, 0.25) is 0 Å². The van der Waals surface area contributed by atoms with Gasteiger partial charge in [-0.25, -0.2) is 9.97 Å². The van der Waals surface area contributed by atoms with Gasteiger partial charge in [-0.15, -0.1) is 0 Å². The van der Waals surface area contributed by atoms with Crippen LogP contribution >= 0.6 is 0 Å². The van der Waals surface area contributed by atoms with E-state index in [4.69, 9.17) is 5.26 Å². The lowest BCUT2D eigenvalue weighted by molar-refractivity contribution is 0.370. The van der Waals surface area contributed by atoms with Gasteiger partial charge < -0.3 is 15.1 Å². The summed E-state index contributed by atoms with van der Waals surface area (Å²) in [5.41, 5.74) is 1.80. The molecule has 128 valence electrons. The first-order chi connectivity index (χ1) is 12.3. The summed E-state index contributed by atoms with van der Waals surface area (Å²) in [6.07, 6.45) is 3.54. The van der Waals surface area contributed by atoms with Crippen LogP contribution in [0.3, 0.4) is 0 Å². The lowest BCUT2D eigenvalue weighted by Gasteiger charge is -2.36. The molecule has 0 amide bonds. The van der Waals surface area contributed by atoms with Gasteiger partial charge in [-0.3, -0.25) is 4.99 Å². The Morgan fingerprint density at radius 3 is 2.44 bits per heavy atom. The molecule has 1 aliphatic heterocycles. The zero-order valence-corrected chi connectivity index (χ0v) is 14.3. The highest BCUT2D eigenvalue weighted by molar-refractivity contribution is 5.80. The molecule has 25 heavy (non-hydrogen) atoms. The van der Waals surface area contributed by atoms with Crippen molar-refractivity contribution >= 4 is 11.9 Å². The summed E-state index contributed by atoms with van der Waals surface area (Å²) in [4.78, 5) is 17.4. The molecule has 1 aromatic heterocycles. The van der Waals surface area contributed by atoms with Crippen molar-refractivity contribution in [1.29, 1.82) is 5.26 Å². The largest absolute Gasteiger partial charge is 0.352 e. The third-order valence-electron chi connectivity index (χ3n) is 4.16. The van der Waals surface area contributed by atoms with Crippen molar-refractivity contribution in [3.8, 4) is 6.07 Å². The Morgan fingerprint density at radius 2 is 1.84 bits per heavy atom. The first kappa shape index (κ1) is 16.7. The molecule has 0 saturated carbocycles. The Balaban J connectivity index is 1.53. The van der Waals surface area contributed by atoms with Crippen LogP contribution in [0.5, 0.6) is 0 Å². The third-order valence-corrected chi connectivity index (χ3v) is 4.16. The predicted molar refractivity (Wildman–Crippen MR) is 97.2 cm³/mol. The highest BCUT2D eigenvalue weighted by atomic mass is 15.4. The number of nitrogens with zero attached hydrogens (tertiary/aromatic N) is 6. The molecule has 0 aliphatic carbocycles. The van der Waals surface area contributed by atoms with Crippen LogP contribution in [0.4, 0.5) is 5.95 Å². The molecule has 3 rings (SSSR count). The number of hydrogen-bond acceptors (Lipinski definition) is 5. The van der Waals surface area contributed by atoms with Gasteiger partial charge in [-0.1, -0.05) is 12.1 Å². The second-order valence-electron chi connectivity index (χ2n) is 5.73. The molecule has 0 radical (unpaired) electrons. The first-order valence-corrected chi connectivity index (χ1v) is 8.27. The number of hydrogen-bond donors (Lipinski definition) is 1. The number of benzene rings is 1.